The van der Waals surface area contributed by atoms with E-state index in [4.69, 9.17) is 9.47 Å². The molecule has 0 N–H and O–H groups in total. The highest BCUT2D eigenvalue weighted by molar-refractivity contribution is 5.66. The summed E-state index contributed by atoms with van der Waals surface area (Å²) in [6.45, 7) is 8.07. The van der Waals surface area contributed by atoms with Gasteiger partial charge in [0.05, 0.1) is 11.7 Å². The van der Waals surface area contributed by atoms with Crippen LogP contribution in [-0.2, 0) is 14.3 Å². The minimum Gasteiger partial charge on any atom is -0.462 e. The third kappa shape index (κ3) is 4.47. The Hall–Kier alpha value is -0.830. The molecule has 3 heteroatoms. The lowest BCUT2D eigenvalue weighted by molar-refractivity contribution is -0.139. The van der Waals surface area contributed by atoms with Crippen molar-refractivity contribution in [2.45, 2.75) is 52.2 Å². The number of ether oxygens (including phenoxy) is 2. The number of rotatable bonds is 5. The third-order valence-electron chi connectivity index (χ3n) is 2.68. The topological polar surface area (TPSA) is 38.8 Å². The monoisotopic (exact) mass is 212 g/mol. The zero-order valence-electron chi connectivity index (χ0n) is 10.0. The summed E-state index contributed by atoms with van der Waals surface area (Å²) < 4.78 is 10.3. The van der Waals surface area contributed by atoms with E-state index in [1.165, 1.54) is 12.5 Å². The highest BCUT2D eigenvalue weighted by Crippen LogP contribution is 2.38. The van der Waals surface area contributed by atoms with Gasteiger partial charge in [-0.3, -0.25) is 4.79 Å². The molecule has 1 saturated heterocycles. The van der Waals surface area contributed by atoms with Crippen LogP contribution >= 0.6 is 0 Å². The highest BCUT2D eigenvalue weighted by Gasteiger charge is 2.46. The summed E-state index contributed by atoms with van der Waals surface area (Å²) >= 11 is 0. The maximum atomic E-state index is 10.5. The van der Waals surface area contributed by atoms with Crippen molar-refractivity contribution >= 4 is 5.97 Å². The standard InChI is InChI=1S/C12H20O3/c1-9(7-8-14-10(2)13)5-6-11-12(3,4)15-11/h7,11H,5-6,8H2,1-4H3/b9-7+/t11-/m1/s1. The zero-order valence-corrected chi connectivity index (χ0v) is 10.0. The largest absolute Gasteiger partial charge is 0.462 e. The number of carbonyl (C=O) groups is 1. The van der Waals surface area contributed by atoms with Crippen LogP contribution in [0.1, 0.15) is 40.5 Å². The number of allylic oxidation sites excluding steroid dienone is 1. The van der Waals surface area contributed by atoms with E-state index in [0.29, 0.717) is 12.7 Å². The van der Waals surface area contributed by atoms with Gasteiger partial charge in [-0.1, -0.05) is 5.57 Å². The number of epoxide rings is 1. The van der Waals surface area contributed by atoms with Crippen LogP contribution in [0.25, 0.3) is 0 Å². The average Bonchev–Trinajstić information content (AvgIpc) is 2.70. The van der Waals surface area contributed by atoms with Crippen LogP contribution in [0.15, 0.2) is 11.6 Å². The number of hydrogen-bond donors (Lipinski definition) is 0. The summed E-state index contributed by atoms with van der Waals surface area (Å²) in [5.41, 5.74) is 1.33. The predicted octanol–water partition coefficient (Wildman–Crippen LogP) is 2.45. The molecule has 0 amide bonds. The molecule has 1 heterocycles. The minimum atomic E-state index is -0.231. The van der Waals surface area contributed by atoms with E-state index in [0.717, 1.165) is 12.8 Å². The molecule has 1 fully saturated rings. The van der Waals surface area contributed by atoms with Gasteiger partial charge in [-0.25, -0.2) is 0 Å². The van der Waals surface area contributed by atoms with E-state index in [-0.39, 0.29) is 11.6 Å². The van der Waals surface area contributed by atoms with Gasteiger partial charge in [0.15, 0.2) is 0 Å². The van der Waals surface area contributed by atoms with Gasteiger partial charge in [-0.05, 0) is 39.7 Å². The van der Waals surface area contributed by atoms with Crippen molar-refractivity contribution in [3.63, 3.8) is 0 Å². The van der Waals surface area contributed by atoms with E-state index in [2.05, 4.69) is 20.8 Å². The van der Waals surface area contributed by atoms with Crippen LogP contribution < -0.4 is 0 Å². The lowest BCUT2D eigenvalue weighted by atomic mass is 10.0. The maximum Gasteiger partial charge on any atom is 0.302 e. The molecule has 1 aliphatic heterocycles. The van der Waals surface area contributed by atoms with Crippen molar-refractivity contribution in [3.05, 3.63) is 11.6 Å². The molecule has 3 nitrogen and oxygen atoms in total. The lowest BCUT2D eigenvalue weighted by Gasteiger charge is -2.01. The molecule has 1 aliphatic rings. The third-order valence-corrected chi connectivity index (χ3v) is 2.68. The summed E-state index contributed by atoms with van der Waals surface area (Å²) in [6, 6.07) is 0. The van der Waals surface area contributed by atoms with Gasteiger partial charge >= 0.3 is 5.97 Å². The fraction of sp³-hybridized carbons (Fsp3) is 0.750. The van der Waals surface area contributed by atoms with Gasteiger partial charge in [0.2, 0.25) is 0 Å². The van der Waals surface area contributed by atoms with E-state index in [1.807, 2.05) is 6.08 Å². The molecule has 0 aromatic rings. The first-order chi connectivity index (χ1) is 6.92. The number of hydrogen-bond acceptors (Lipinski definition) is 3. The van der Waals surface area contributed by atoms with E-state index in [1.54, 1.807) is 0 Å². The van der Waals surface area contributed by atoms with Gasteiger partial charge in [0.1, 0.15) is 6.61 Å². The Morgan fingerprint density at radius 3 is 2.53 bits per heavy atom. The van der Waals surface area contributed by atoms with E-state index < -0.39 is 0 Å². The molecule has 0 aliphatic carbocycles. The first-order valence-electron chi connectivity index (χ1n) is 5.38. The Labute approximate surface area is 91.4 Å². The lowest BCUT2D eigenvalue weighted by Crippen LogP contribution is -2.03. The van der Waals surface area contributed by atoms with Crippen LogP contribution in [0, 0.1) is 0 Å². The molecule has 0 aromatic carbocycles. The summed E-state index contributed by atoms with van der Waals surface area (Å²) in [6.07, 6.45) is 4.41. The second-order valence-corrected chi connectivity index (χ2v) is 4.60. The zero-order chi connectivity index (χ0) is 11.5. The number of esters is 1. The van der Waals surface area contributed by atoms with Gasteiger partial charge in [0.25, 0.3) is 0 Å². The van der Waals surface area contributed by atoms with Crippen molar-refractivity contribution in [2.75, 3.05) is 6.61 Å². The van der Waals surface area contributed by atoms with Gasteiger partial charge < -0.3 is 9.47 Å². The Morgan fingerprint density at radius 1 is 1.47 bits per heavy atom. The summed E-state index contributed by atoms with van der Waals surface area (Å²) in [5.74, 6) is -0.231. The van der Waals surface area contributed by atoms with Crippen LogP contribution in [0.4, 0.5) is 0 Å². The molecule has 0 bridgehead atoms. The van der Waals surface area contributed by atoms with Gasteiger partial charge in [-0.2, -0.15) is 0 Å². The normalized spacial score (nSPS) is 23.7. The Kier molecular flexibility index (Phi) is 3.91. The molecular formula is C12H20O3. The van der Waals surface area contributed by atoms with Crippen LogP contribution in [0.3, 0.4) is 0 Å². The fourth-order valence-corrected chi connectivity index (χ4v) is 1.50. The molecular weight excluding hydrogens is 192 g/mol. The molecule has 86 valence electrons. The van der Waals surface area contributed by atoms with E-state index in [9.17, 15) is 4.79 Å². The molecule has 0 unspecified atom stereocenters. The van der Waals surface area contributed by atoms with Crippen LogP contribution in [-0.4, -0.2) is 24.3 Å². The quantitative estimate of drug-likeness (QED) is 0.399. The van der Waals surface area contributed by atoms with Gasteiger partial charge in [-0.15, -0.1) is 0 Å². The Balaban J connectivity index is 2.13. The maximum absolute atomic E-state index is 10.5. The smallest absolute Gasteiger partial charge is 0.302 e. The molecule has 1 rings (SSSR count). The predicted molar refractivity (Wildman–Crippen MR) is 58.6 cm³/mol. The molecule has 1 atom stereocenters. The van der Waals surface area contributed by atoms with E-state index >= 15 is 0 Å². The second-order valence-electron chi connectivity index (χ2n) is 4.60. The second kappa shape index (κ2) is 4.79. The first kappa shape index (κ1) is 12.2. The number of carbonyl (C=O) groups excluding carboxylic acids is 1. The van der Waals surface area contributed by atoms with Crippen LogP contribution in [0.2, 0.25) is 0 Å². The Bertz CT molecular complexity index is 266. The summed E-state index contributed by atoms with van der Waals surface area (Å²) in [7, 11) is 0. The fourth-order valence-electron chi connectivity index (χ4n) is 1.50. The van der Waals surface area contributed by atoms with Crippen molar-refractivity contribution < 1.29 is 14.3 Å². The summed E-state index contributed by atoms with van der Waals surface area (Å²) in [5, 5.41) is 0. The van der Waals surface area contributed by atoms with Crippen molar-refractivity contribution in [3.8, 4) is 0 Å². The van der Waals surface area contributed by atoms with Crippen molar-refractivity contribution in [1.29, 1.82) is 0 Å². The molecule has 15 heavy (non-hydrogen) atoms. The van der Waals surface area contributed by atoms with Gasteiger partial charge in [0, 0.05) is 6.92 Å². The van der Waals surface area contributed by atoms with Crippen molar-refractivity contribution in [1.82, 2.24) is 0 Å². The average molecular weight is 212 g/mol. The minimum absolute atomic E-state index is 0.0795. The Morgan fingerprint density at radius 2 is 2.07 bits per heavy atom. The van der Waals surface area contributed by atoms with Crippen LogP contribution in [0.5, 0.6) is 0 Å². The molecule has 0 saturated carbocycles. The highest BCUT2D eigenvalue weighted by atomic mass is 16.6. The first-order valence-corrected chi connectivity index (χ1v) is 5.38. The molecule has 0 spiro atoms. The van der Waals surface area contributed by atoms with Crippen molar-refractivity contribution in [2.24, 2.45) is 0 Å². The summed E-state index contributed by atoms with van der Waals surface area (Å²) in [4.78, 5) is 10.5. The molecule has 0 radical (unpaired) electrons. The molecule has 0 aromatic heterocycles. The SMILES string of the molecule is CC(=O)OC/C=C(\C)CC[C@H]1OC1(C)C.